The predicted octanol–water partition coefficient (Wildman–Crippen LogP) is 4.36. The number of ether oxygens (including phenoxy) is 1. The van der Waals surface area contributed by atoms with Crippen LogP contribution in [0.15, 0.2) is 70.3 Å². The Kier molecular flexibility index (Phi) is 5.73. The molecule has 1 aliphatic heterocycles. The fourth-order valence-corrected chi connectivity index (χ4v) is 4.43. The summed E-state index contributed by atoms with van der Waals surface area (Å²) < 4.78 is 13.2. The van der Waals surface area contributed by atoms with Crippen LogP contribution < -0.4 is 4.90 Å². The first-order valence-electron chi connectivity index (χ1n) is 10.3. The second kappa shape index (κ2) is 8.95. The van der Waals surface area contributed by atoms with E-state index in [2.05, 4.69) is 43.9 Å². The van der Waals surface area contributed by atoms with Crippen molar-refractivity contribution < 1.29 is 9.26 Å². The molecule has 5 rings (SSSR count). The summed E-state index contributed by atoms with van der Waals surface area (Å²) in [7, 11) is 0. The molecule has 31 heavy (non-hydrogen) atoms. The Morgan fingerprint density at radius 3 is 2.55 bits per heavy atom. The monoisotopic (exact) mass is 433 g/mol. The van der Waals surface area contributed by atoms with Crippen molar-refractivity contribution in [3.8, 4) is 17.0 Å². The number of benzene rings is 2. The lowest BCUT2D eigenvalue weighted by Crippen LogP contribution is -2.38. The molecule has 0 saturated carbocycles. The largest absolute Gasteiger partial charge is 0.378 e. The Morgan fingerprint density at radius 2 is 1.74 bits per heavy atom. The van der Waals surface area contributed by atoms with Crippen molar-refractivity contribution in [2.45, 2.75) is 17.8 Å². The highest BCUT2D eigenvalue weighted by molar-refractivity contribution is 7.98. The zero-order valence-electron chi connectivity index (χ0n) is 17.3. The van der Waals surface area contributed by atoms with Crippen LogP contribution in [0.3, 0.4) is 0 Å². The molecule has 158 valence electrons. The average molecular weight is 434 g/mol. The molecule has 2 aromatic heterocycles. The van der Waals surface area contributed by atoms with Gasteiger partial charge >= 0.3 is 0 Å². The zero-order chi connectivity index (χ0) is 21.0. The number of rotatable bonds is 6. The number of thioether (sulfide) groups is 1. The van der Waals surface area contributed by atoms with Crippen LogP contribution in [0.1, 0.15) is 11.3 Å². The Bertz CT molecular complexity index is 1150. The van der Waals surface area contributed by atoms with Crippen LogP contribution in [0.2, 0.25) is 0 Å². The third-order valence-corrected chi connectivity index (χ3v) is 6.20. The predicted molar refractivity (Wildman–Crippen MR) is 121 cm³/mol. The highest BCUT2D eigenvalue weighted by Gasteiger charge is 2.23. The lowest BCUT2D eigenvalue weighted by atomic mass is 10.2. The van der Waals surface area contributed by atoms with E-state index in [1.807, 2.05) is 48.5 Å². The minimum atomic E-state index is 0.642. The van der Waals surface area contributed by atoms with Crippen molar-refractivity contribution >= 4 is 17.7 Å². The lowest BCUT2D eigenvalue weighted by molar-refractivity contribution is 0.122. The molecular weight excluding hydrogens is 410 g/mol. The van der Waals surface area contributed by atoms with E-state index in [1.54, 1.807) is 11.8 Å². The van der Waals surface area contributed by atoms with E-state index in [9.17, 15) is 0 Å². The fourth-order valence-electron chi connectivity index (χ4n) is 3.61. The van der Waals surface area contributed by atoms with Gasteiger partial charge in [-0.15, -0.1) is 10.2 Å². The second-order valence-electron chi connectivity index (χ2n) is 7.34. The summed E-state index contributed by atoms with van der Waals surface area (Å²) in [6.45, 7) is 5.11. The van der Waals surface area contributed by atoms with E-state index in [1.165, 1.54) is 5.56 Å². The number of morpholine rings is 1. The second-order valence-corrected chi connectivity index (χ2v) is 8.28. The third kappa shape index (κ3) is 4.22. The van der Waals surface area contributed by atoms with Crippen molar-refractivity contribution in [2.24, 2.45) is 0 Å². The molecule has 4 aromatic rings. The van der Waals surface area contributed by atoms with Crippen molar-refractivity contribution in [1.82, 2.24) is 19.9 Å². The van der Waals surface area contributed by atoms with Crippen molar-refractivity contribution in [2.75, 3.05) is 31.2 Å². The minimum Gasteiger partial charge on any atom is -0.378 e. The molecule has 0 spiro atoms. The van der Waals surface area contributed by atoms with Gasteiger partial charge < -0.3 is 14.2 Å². The average Bonchev–Trinajstić information content (AvgIpc) is 3.46. The van der Waals surface area contributed by atoms with Crippen LogP contribution in [-0.2, 0) is 10.5 Å². The number of aryl methyl sites for hydroxylation is 1. The molecule has 2 aromatic carbocycles. The third-order valence-electron chi connectivity index (χ3n) is 5.23. The molecule has 0 bridgehead atoms. The van der Waals surface area contributed by atoms with E-state index in [0.717, 1.165) is 46.9 Å². The van der Waals surface area contributed by atoms with Gasteiger partial charge in [0.05, 0.1) is 24.6 Å². The zero-order valence-corrected chi connectivity index (χ0v) is 18.1. The smallest absolute Gasteiger partial charge is 0.232 e. The normalized spacial score (nSPS) is 14.2. The van der Waals surface area contributed by atoms with E-state index in [4.69, 9.17) is 9.26 Å². The first kappa shape index (κ1) is 19.8. The van der Waals surface area contributed by atoms with Crippen LogP contribution in [-0.4, -0.2) is 46.2 Å². The molecule has 8 heteroatoms. The Hall–Kier alpha value is -3.10. The van der Waals surface area contributed by atoms with Gasteiger partial charge in [0.15, 0.2) is 10.9 Å². The van der Waals surface area contributed by atoms with Gasteiger partial charge in [-0.1, -0.05) is 65.4 Å². The van der Waals surface area contributed by atoms with E-state index < -0.39 is 0 Å². The highest BCUT2D eigenvalue weighted by Crippen LogP contribution is 2.31. The van der Waals surface area contributed by atoms with Gasteiger partial charge in [-0.2, -0.15) is 0 Å². The quantitative estimate of drug-likeness (QED) is 0.419. The van der Waals surface area contributed by atoms with Gasteiger partial charge in [-0.25, -0.2) is 0 Å². The van der Waals surface area contributed by atoms with Crippen LogP contribution in [0, 0.1) is 6.92 Å². The maximum absolute atomic E-state index is 5.55. The molecule has 1 aliphatic rings. The van der Waals surface area contributed by atoms with Crippen LogP contribution >= 0.6 is 11.8 Å². The molecule has 0 unspecified atom stereocenters. The number of aromatic nitrogens is 4. The first-order chi connectivity index (χ1) is 15.3. The molecule has 1 fully saturated rings. The number of nitrogens with zero attached hydrogens (tertiary/aromatic N) is 5. The Labute approximate surface area is 185 Å². The van der Waals surface area contributed by atoms with E-state index >= 15 is 0 Å². The SMILES string of the molecule is Cc1ccccc1-n1c(SCc2cc(-c3ccccc3)on2)nnc1N1CCOCC1. The summed E-state index contributed by atoms with van der Waals surface area (Å²) in [5.74, 6) is 2.26. The summed E-state index contributed by atoms with van der Waals surface area (Å²) in [5.41, 5.74) is 4.15. The summed E-state index contributed by atoms with van der Waals surface area (Å²) in [4.78, 5) is 2.23. The van der Waals surface area contributed by atoms with Gasteiger partial charge in [0.1, 0.15) is 0 Å². The van der Waals surface area contributed by atoms with Crippen molar-refractivity contribution in [1.29, 1.82) is 0 Å². The lowest BCUT2D eigenvalue weighted by Gasteiger charge is -2.28. The maximum atomic E-state index is 5.55. The standard InChI is InChI=1S/C23H23N5O2S/c1-17-7-5-6-10-20(17)28-22(27-11-13-29-14-12-27)24-25-23(28)31-16-19-15-21(30-26-19)18-8-3-2-4-9-18/h2-10,15H,11-14,16H2,1H3. The molecule has 1 saturated heterocycles. The van der Waals surface area contributed by atoms with Gasteiger partial charge in [0.2, 0.25) is 5.95 Å². The molecule has 0 radical (unpaired) electrons. The number of hydrogen-bond acceptors (Lipinski definition) is 7. The van der Waals surface area contributed by atoms with Gasteiger partial charge in [-0.05, 0) is 18.6 Å². The Morgan fingerprint density at radius 1 is 0.968 bits per heavy atom. The summed E-state index contributed by atoms with van der Waals surface area (Å²) in [5, 5.41) is 14.1. The van der Waals surface area contributed by atoms with Gasteiger partial charge in [-0.3, -0.25) is 4.57 Å². The molecule has 7 nitrogen and oxygen atoms in total. The minimum absolute atomic E-state index is 0.642. The topological polar surface area (TPSA) is 69.2 Å². The number of hydrogen-bond donors (Lipinski definition) is 0. The summed E-state index contributed by atoms with van der Waals surface area (Å²) in [6.07, 6.45) is 0. The number of para-hydroxylation sites is 1. The number of anilines is 1. The van der Waals surface area contributed by atoms with Gasteiger partial charge in [0, 0.05) is 30.5 Å². The Balaban J connectivity index is 1.42. The van der Waals surface area contributed by atoms with Crippen molar-refractivity contribution in [3.05, 3.63) is 71.9 Å². The fraction of sp³-hybridized carbons (Fsp3) is 0.261. The molecule has 0 amide bonds. The van der Waals surface area contributed by atoms with E-state index in [-0.39, 0.29) is 0 Å². The van der Waals surface area contributed by atoms with Crippen LogP contribution in [0.25, 0.3) is 17.0 Å². The molecular formula is C23H23N5O2S. The molecule has 0 atom stereocenters. The molecule has 0 aliphatic carbocycles. The summed E-state index contributed by atoms with van der Waals surface area (Å²) in [6, 6.07) is 20.3. The van der Waals surface area contributed by atoms with Gasteiger partial charge in [0.25, 0.3) is 0 Å². The molecule has 0 N–H and O–H groups in total. The highest BCUT2D eigenvalue weighted by atomic mass is 32.2. The van der Waals surface area contributed by atoms with Crippen molar-refractivity contribution in [3.63, 3.8) is 0 Å². The first-order valence-corrected chi connectivity index (χ1v) is 11.3. The van der Waals surface area contributed by atoms with Crippen LogP contribution in [0.5, 0.6) is 0 Å². The summed E-state index contributed by atoms with van der Waals surface area (Å²) >= 11 is 1.61. The molecule has 3 heterocycles. The van der Waals surface area contributed by atoms with Crippen LogP contribution in [0.4, 0.5) is 5.95 Å². The maximum Gasteiger partial charge on any atom is 0.232 e. The van der Waals surface area contributed by atoms with E-state index in [0.29, 0.717) is 19.0 Å².